The van der Waals surface area contributed by atoms with Crippen LogP contribution in [0.5, 0.6) is 0 Å². The van der Waals surface area contributed by atoms with Gasteiger partial charge in [0, 0.05) is 49.2 Å². The fourth-order valence-corrected chi connectivity index (χ4v) is 4.14. The van der Waals surface area contributed by atoms with E-state index in [1.807, 2.05) is 19.1 Å². The van der Waals surface area contributed by atoms with Crippen LogP contribution in [0.3, 0.4) is 0 Å². The number of fused-ring (bicyclic) bond motifs is 3. The largest absolute Gasteiger partial charge is 0.416 e. The number of anilines is 2. The van der Waals surface area contributed by atoms with Crippen molar-refractivity contribution in [2.75, 3.05) is 24.2 Å². The standard InChI is InChI=1S/C24H20F3N7O/c1-13-9-14(22(35)32-19-11-16(5-6-29-19)24(25,26)27)3-4-17(13)18-10-15-12-31-23(28-2)33-20(15)34-8-7-30-21(18)34/h3-6,9-12,30H,7-8H2,1-2H3,(H,29,32,35). The fourth-order valence-electron chi connectivity index (χ4n) is 4.14. The molecule has 2 N–H and O–H groups in total. The van der Waals surface area contributed by atoms with Crippen LogP contribution in [0.4, 0.5) is 24.8 Å². The summed E-state index contributed by atoms with van der Waals surface area (Å²) in [5.74, 6) is 0.975. The van der Waals surface area contributed by atoms with Crippen LogP contribution in [0, 0.1) is 6.92 Å². The minimum atomic E-state index is -4.52. The SMILES string of the molecule is CN=c1ncc2cc(-c3ccc(C(=O)Nc4cc(C(F)(F)F)ccn4)cc3C)c3n(c-2n1)CCN3. The Morgan fingerprint density at radius 2 is 1.97 bits per heavy atom. The Balaban J connectivity index is 1.49. The van der Waals surface area contributed by atoms with Crippen molar-refractivity contribution in [3.63, 3.8) is 0 Å². The molecule has 11 heteroatoms. The lowest BCUT2D eigenvalue weighted by atomic mass is 9.97. The van der Waals surface area contributed by atoms with Gasteiger partial charge in [-0.25, -0.2) is 9.97 Å². The molecule has 2 aromatic rings. The van der Waals surface area contributed by atoms with E-state index in [0.717, 1.165) is 65.3 Å². The Bertz CT molecular complexity index is 1490. The zero-order chi connectivity index (χ0) is 24.7. The summed E-state index contributed by atoms with van der Waals surface area (Å²) in [5, 5.41) is 5.85. The molecular formula is C24H20F3N7O. The van der Waals surface area contributed by atoms with Gasteiger partial charge in [-0.3, -0.25) is 9.79 Å². The van der Waals surface area contributed by atoms with E-state index in [-0.39, 0.29) is 5.82 Å². The number of rotatable bonds is 3. The summed E-state index contributed by atoms with van der Waals surface area (Å²) in [7, 11) is 1.64. The highest BCUT2D eigenvalue weighted by Gasteiger charge is 2.31. The van der Waals surface area contributed by atoms with E-state index in [1.54, 1.807) is 25.4 Å². The van der Waals surface area contributed by atoms with E-state index in [4.69, 9.17) is 0 Å². The van der Waals surface area contributed by atoms with Crippen molar-refractivity contribution in [3.05, 3.63) is 71.1 Å². The fraction of sp³-hybridized carbons (Fsp3) is 0.208. The first-order valence-corrected chi connectivity index (χ1v) is 10.8. The van der Waals surface area contributed by atoms with Crippen molar-refractivity contribution >= 4 is 17.5 Å². The Morgan fingerprint density at radius 1 is 1.14 bits per heavy atom. The molecule has 1 aromatic carbocycles. The summed E-state index contributed by atoms with van der Waals surface area (Å²) in [6.45, 7) is 3.36. The second-order valence-corrected chi connectivity index (χ2v) is 8.07. The highest BCUT2D eigenvalue weighted by Crippen LogP contribution is 2.38. The van der Waals surface area contributed by atoms with E-state index in [2.05, 4.69) is 35.1 Å². The van der Waals surface area contributed by atoms with Crippen molar-refractivity contribution in [2.45, 2.75) is 19.6 Å². The number of pyridine rings is 2. The molecule has 0 fully saturated rings. The van der Waals surface area contributed by atoms with Gasteiger partial charge < -0.3 is 15.2 Å². The van der Waals surface area contributed by atoms with Crippen LogP contribution < -0.4 is 16.3 Å². The van der Waals surface area contributed by atoms with Gasteiger partial charge in [0.05, 0.1) is 5.56 Å². The number of benzene rings is 1. The number of carbonyl (C=O) groups excluding carboxylic acids is 1. The average Bonchev–Trinajstić information content (AvgIpc) is 3.33. The van der Waals surface area contributed by atoms with E-state index in [9.17, 15) is 18.0 Å². The first-order chi connectivity index (χ1) is 16.7. The lowest BCUT2D eigenvalue weighted by Crippen LogP contribution is -2.17. The second-order valence-electron chi connectivity index (χ2n) is 8.07. The van der Waals surface area contributed by atoms with Crippen LogP contribution in [0.25, 0.3) is 22.5 Å². The minimum absolute atomic E-state index is 0.169. The highest BCUT2D eigenvalue weighted by atomic mass is 19.4. The third-order valence-corrected chi connectivity index (χ3v) is 5.80. The van der Waals surface area contributed by atoms with Crippen LogP contribution in [0.15, 0.2) is 53.8 Å². The number of nitrogens with zero attached hydrogens (tertiary/aromatic N) is 5. The molecule has 3 aliphatic heterocycles. The number of aromatic nitrogens is 4. The normalized spacial score (nSPS) is 13.6. The maximum Gasteiger partial charge on any atom is 0.416 e. The number of hydrogen-bond acceptors (Lipinski definition) is 6. The van der Waals surface area contributed by atoms with Crippen LogP contribution in [0.1, 0.15) is 21.5 Å². The number of nitrogens with one attached hydrogen (secondary N) is 2. The molecule has 0 unspecified atom stereocenters. The molecule has 0 atom stereocenters. The summed E-state index contributed by atoms with van der Waals surface area (Å²) >= 11 is 0. The van der Waals surface area contributed by atoms with Gasteiger partial charge in [0.15, 0.2) is 0 Å². The molecule has 5 rings (SSSR count). The molecule has 0 saturated carbocycles. The van der Waals surface area contributed by atoms with Gasteiger partial charge in [-0.15, -0.1) is 0 Å². The van der Waals surface area contributed by atoms with E-state index in [0.29, 0.717) is 11.2 Å². The summed E-state index contributed by atoms with van der Waals surface area (Å²) in [6.07, 6.45) is -1.78. The van der Waals surface area contributed by atoms with Crippen LogP contribution in [-0.4, -0.2) is 39.0 Å². The molecule has 0 bridgehead atoms. The van der Waals surface area contributed by atoms with Gasteiger partial charge in [-0.1, -0.05) is 6.07 Å². The molecule has 178 valence electrons. The Kier molecular flexibility index (Phi) is 5.46. The molecule has 1 amide bonds. The number of hydrogen-bond donors (Lipinski definition) is 2. The molecule has 0 saturated heterocycles. The zero-order valence-corrected chi connectivity index (χ0v) is 18.8. The molecule has 4 heterocycles. The number of alkyl halides is 3. The van der Waals surface area contributed by atoms with Gasteiger partial charge in [0.25, 0.3) is 5.91 Å². The summed E-state index contributed by atoms with van der Waals surface area (Å²) in [4.78, 5) is 29.4. The predicted molar refractivity (Wildman–Crippen MR) is 124 cm³/mol. The topological polar surface area (TPSA) is 97.1 Å². The third kappa shape index (κ3) is 4.20. The Labute approximate surface area is 198 Å². The Hall–Kier alpha value is -4.28. The maximum atomic E-state index is 13.0. The highest BCUT2D eigenvalue weighted by molar-refractivity contribution is 6.04. The Morgan fingerprint density at radius 3 is 2.71 bits per heavy atom. The quantitative estimate of drug-likeness (QED) is 0.463. The summed E-state index contributed by atoms with van der Waals surface area (Å²) in [5.41, 5.74) is 3.36. The second kappa shape index (κ2) is 8.49. The van der Waals surface area contributed by atoms with Gasteiger partial charge in [0.1, 0.15) is 17.5 Å². The number of carbonyl (C=O) groups is 1. The number of aryl methyl sites for hydroxylation is 1. The van der Waals surface area contributed by atoms with Gasteiger partial charge >= 0.3 is 6.18 Å². The van der Waals surface area contributed by atoms with Crippen molar-refractivity contribution in [1.82, 2.24) is 19.5 Å². The number of amides is 1. The molecular weight excluding hydrogens is 459 g/mol. The van der Waals surface area contributed by atoms with E-state index >= 15 is 0 Å². The lowest BCUT2D eigenvalue weighted by Gasteiger charge is -2.18. The van der Waals surface area contributed by atoms with Crippen molar-refractivity contribution < 1.29 is 18.0 Å². The van der Waals surface area contributed by atoms with Gasteiger partial charge in [0.2, 0.25) is 5.62 Å². The van der Waals surface area contributed by atoms with E-state index in [1.165, 1.54) is 0 Å². The lowest BCUT2D eigenvalue weighted by molar-refractivity contribution is -0.137. The van der Waals surface area contributed by atoms with Crippen molar-refractivity contribution in [1.29, 1.82) is 0 Å². The molecule has 3 aliphatic rings. The molecule has 0 radical (unpaired) electrons. The summed E-state index contributed by atoms with van der Waals surface area (Å²) < 4.78 is 41.0. The average molecular weight is 479 g/mol. The van der Waals surface area contributed by atoms with Crippen LogP contribution in [0.2, 0.25) is 0 Å². The molecule has 0 spiro atoms. The van der Waals surface area contributed by atoms with Crippen molar-refractivity contribution in [3.8, 4) is 22.5 Å². The van der Waals surface area contributed by atoms with Gasteiger partial charge in [-0.05, 0) is 48.4 Å². The maximum absolute atomic E-state index is 13.0. The monoisotopic (exact) mass is 479 g/mol. The zero-order valence-electron chi connectivity index (χ0n) is 18.8. The molecule has 35 heavy (non-hydrogen) atoms. The van der Waals surface area contributed by atoms with Gasteiger partial charge in [-0.2, -0.15) is 18.2 Å². The molecule has 0 aliphatic carbocycles. The van der Waals surface area contributed by atoms with E-state index < -0.39 is 17.6 Å². The third-order valence-electron chi connectivity index (χ3n) is 5.80. The predicted octanol–water partition coefficient (Wildman–Crippen LogP) is 3.98. The van der Waals surface area contributed by atoms with Crippen LogP contribution >= 0.6 is 0 Å². The van der Waals surface area contributed by atoms with Crippen molar-refractivity contribution in [2.24, 2.45) is 4.99 Å². The first kappa shape index (κ1) is 22.5. The minimum Gasteiger partial charge on any atom is -0.369 e. The smallest absolute Gasteiger partial charge is 0.369 e. The molecule has 8 nitrogen and oxygen atoms in total. The molecule has 1 aromatic heterocycles. The summed E-state index contributed by atoms with van der Waals surface area (Å²) in [6, 6.07) is 8.81. The first-order valence-electron chi connectivity index (χ1n) is 10.8. The number of halogens is 3. The van der Waals surface area contributed by atoms with Crippen LogP contribution in [-0.2, 0) is 12.7 Å².